The van der Waals surface area contributed by atoms with Crippen molar-refractivity contribution in [2.24, 2.45) is 0 Å². The molecule has 1 aliphatic heterocycles. The van der Waals surface area contributed by atoms with E-state index < -0.39 is 0 Å². The maximum atomic E-state index is 11.6. The minimum atomic E-state index is -0.313. The quantitative estimate of drug-likeness (QED) is 0.800. The number of β-amino-alcohol motifs (C(OH)–C–C–N with tert-alkyl or cyclic N) is 1. The van der Waals surface area contributed by atoms with E-state index in [0.29, 0.717) is 18.2 Å². The SMILES string of the molecule is CC(C)c1nc(N2CCC[C@H](O)C2)cc(=O)[nH]1. The van der Waals surface area contributed by atoms with Gasteiger partial charge in [0.15, 0.2) is 0 Å². The van der Waals surface area contributed by atoms with Crippen molar-refractivity contribution in [2.75, 3.05) is 18.0 Å². The molecule has 2 heterocycles. The Kier molecular flexibility index (Phi) is 3.47. The molecule has 1 aliphatic rings. The molecule has 1 fully saturated rings. The van der Waals surface area contributed by atoms with Crippen LogP contribution in [0.4, 0.5) is 5.82 Å². The number of nitrogens with zero attached hydrogens (tertiary/aromatic N) is 2. The summed E-state index contributed by atoms with van der Waals surface area (Å²) in [6.45, 7) is 5.40. The highest BCUT2D eigenvalue weighted by Crippen LogP contribution is 2.18. The molecule has 17 heavy (non-hydrogen) atoms. The van der Waals surface area contributed by atoms with Gasteiger partial charge in [0.25, 0.3) is 5.56 Å². The Morgan fingerprint density at radius 2 is 2.35 bits per heavy atom. The zero-order chi connectivity index (χ0) is 12.4. The highest BCUT2D eigenvalue weighted by atomic mass is 16.3. The second-order valence-corrected chi connectivity index (χ2v) is 4.89. The average molecular weight is 237 g/mol. The van der Waals surface area contributed by atoms with Crippen LogP contribution in [0.1, 0.15) is 38.4 Å². The van der Waals surface area contributed by atoms with Gasteiger partial charge in [0.05, 0.1) is 6.10 Å². The maximum absolute atomic E-state index is 11.6. The molecule has 1 aromatic rings. The third-order valence-electron chi connectivity index (χ3n) is 3.01. The van der Waals surface area contributed by atoms with E-state index in [4.69, 9.17) is 0 Å². The number of anilines is 1. The van der Waals surface area contributed by atoms with Crippen molar-refractivity contribution in [1.29, 1.82) is 0 Å². The number of aromatic amines is 1. The number of aliphatic hydroxyl groups excluding tert-OH is 1. The molecule has 2 rings (SSSR count). The van der Waals surface area contributed by atoms with Gasteiger partial charge >= 0.3 is 0 Å². The number of nitrogens with one attached hydrogen (secondary N) is 1. The van der Waals surface area contributed by atoms with Crippen molar-refractivity contribution in [2.45, 2.75) is 38.7 Å². The van der Waals surface area contributed by atoms with Crippen molar-refractivity contribution in [3.8, 4) is 0 Å². The summed E-state index contributed by atoms with van der Waals surface area (Å²) in [6, 6.07) is 1.50. The largest absolute Gasteiger partial charge is 0.391 e. The van der Waals surface area contributed by atoms with Crippen LogP contribution in [-0.2, 0) is 0 Å². The van der Waals surface area contributed by atoms with Gasteiger partial charge < -0.3 is 15.0 Å². The maximum Gasteiger partial charge on any atom is 0.252 e. The van der Waals surface area contributed by atoms with E-state index in [2.05, 4.69) is 9.97 Å². The summed E-state index contributed by atoms with van der Waals surface area (Å²) in [7, 11) is 0. The fraction of sp³-hybridized carbons (Fsp3) is 0.667. The molecule has 1 aromatic heterocycles. The average Bonchev–Trinajstić information content (AvgIpc) is 2.28. The summed E-state index contributed by atoms with van der Waals surface area (Å²) in [4.78, 5) is 20.7. The van der Waals surface area contributed by atoms with E-state index in [-0.39, 0.29) is 17.6 Å². The smallest absolute Gasteiger partial charge is 0.252 e. The molecule has 5 heteroatoms. The Morgan fingerprint density at radius 1 is 1.59 bits per heavy atom. The fourth-order valence-corrected chi connectivity index (χ4v) is 2.06. The van der Waals surface area contributed by atoms with Crippen LogP contribution in [0.3, 0.4) is 0 Å². The number of aromatic nitrogens is 2. The summed E-state index contributed by atoms with van der Waals surface area (Å²) in [5, 5.41) is 9.63. The fourth-order valence-electron chi connectivity index (χ4n) is 2.06. The van der Waals surface area contributed by atoms with E-state index in [1.165, 1.54) is 6.07 Å². The van der Waals surface area contributed by atoms with Gasteiger partial charge in [-0.05, 0) is 12.8 Å². The van der Waals surface area contributed by atoms with Gasteiger partial charge in [0.2, 0.25) is 0 Å². The van der Waals surface area contributed by atoms with E-state index >= 15 is 0 Å². The lowest BCUT2D eigenvalue weighted by Crippen LogP contribution is -2.39. The van der Waals surface area contributed by atoms with E-state index in [9.17, 15) is 9.90 Å². The van der Waals surface area contributed by atoms with Crippen LogP contribution in [0, 0.1) is 0 Å². The molecule has 0 bridgehead atoms. The van der Waals surface area contributed by atoms with E-state index in [0.717, 1.165) is 19.4 Å². The van der Waals surface area contributed by atoms with Crippen molar-refractivity contribution in [3.63, 3.8) is 0 Å². The Bertz CT molecular complexity index is 442. The van der Waals surface area contributed by atoms with Crippen LogP contribution in [0.2, 0.25) is 0 Å². The Morgan fingerprint density at radius 3 is 3.00 bits per heavy atom. The second kappa shape index (κ2) is 4.87. The van der Waals surface area contributed by atoms with Crippen molar-refractivity contribution in [3.05, 3.63) is 22.2 Å². The van der Waals surface area contributed by atoms with Crippen molar-refractivity contribution < 1.29 is 5.11 Å². The molecular formula is C12H19N3O2. The summed E-state index contributed by atoms with van der Waals surface area (Å²) in [6.07, 6.45) is 1.45. The molecular weight excluding hydrogens is 218 g/mol. The normalized spacial score (nSPS) is 20.9. The number of H-pyrrole nitrogens is 1. The molecule has 0 amide bonds. The first kappa shape index (κ1) is 12.1. The number of hydrogen-bond acceptors (Lipinski definition) is 4. The molecule has 0 saturated carbocycles. The standard InChI is InChI=1S/C12H19N3O2/c1-8(2)12-13-10(6-11(17)14-12)15-5-3-4-9(16)7-15/h6,8-9,16H,3-5,7H2,1-2H3,(H,13,14,17)/t9-/m0/s1. The molecule has 2 N–H and O–H groups in total. The van der Waals surface area contributed by atoms with E-state index in [1.54, 1.807) is 0 Å². The first-order valence-electron chi connectivity index (χ1n) is 6.10. The topological polar surface area (TPSA) is 69.2 Å². The van der Waals surface area contributed by atoms with Gasteiger partial charge in [-0.3, -0.25) is 4.79 Å². The zero-order valence-electron chi connectivity index (χ0n) is 10.3. The minimum Gasteiger partial charge on any atom is -0.391 e. The Hall–Kier alpha value is -1.36. The van der Waals surface area contributed by atoms with Crippen LogP contribution >= 0.6 is 0 Å². The van der Waals surface area contributed by atoms with Crippen molar-refractivity contribution in [1.82, 2.24) is 9.97 Å². The summed E-state index contributed by atoms with van der Waals surface area (Å²) >= 11 is 0. The molecule has 94 valence electrons. The predicted molar refractivity (Wildman–Crippen MR) is 66.4 cm³/mol. The molecule has 0 radical (unpaired) electrons. The van der Waals surface area contributed by atoms with Gasteiger partial charge in [-0.1, -0.05) is 13.8 Å². The first-order valence-corrected chi connectivity index (χ1v) is 6.10. The highest BCUT2D eigenvalue weighted by Gasteiger charge is 2.19. The Labute approximate surface area is 100 Å². The molecule has 1 atom stereocenters. The van der Waals surface area contributed by atoms with Crippen molar-refractivity contribution >= 4 is 5.82 Å². The lowest BCUT2D eigenvalue weighted by atomic mass is 10.1. The van der Waals surface area contributed by atoms with Crippen LogP contribution in [-0.4, -0.2) is 34.3 Å². The van der Waals surface area contributed by atoms with Crippen LogP contribution in [0.15, 0.2) is 10.9 Å². The number of hydrogen-bond donors (Lipinski definition) is 2. The van der Waals surface area contributed by atoms with Gasteiger partial charge in [-0.15, -0.1) is 0 Å². The van der Waals surface area contributed by atoms with Crippen LogP contribution in [0.5, 0.6) is 0 Å². The third-order valence-corrected chi connectivity index (χ3v) is 3.01. The molecule has 0 spiro atoms. The molecule has 5 nitrogen and oxygen atoms in total. The molecule has 1 saturated heterocycles. The molecule has 0 aromatic carbocycles. The minimum absolute atomic E-state index is 0.126. The predicted octanol–water partition coefficient (Wildman–Crippen LogP) is 0.854. The lowest BCUT2D eigenvalue weighted by molar-refractivity contribution is 0.154. The summed E-state index contributed by atoms with van der Waals surface area (Å²) < 4.78 is 0. The second-order valence-electron chi connectivity index (χ2n) is 4.89. The molecule has 0 aliphatic carbocycles. The lowest BCUT2D eigenvalue weighted by Gasteiger charge is -2.31. The highest BCUT2D eigenvalue weighted by molar-refractivity contribution is 5.38. The van der Waals surface area contributed by atoms with Gasteiger partial charge in [0, 0.05) is 25.1 Å². The first-order chi connectivity index (χ1) is 8.06. The third kappa shape index (κ3) is 2.85. The van der Waals surface area contributed by atoms with Gasteiger partial charge in [0.1, 0.15) is 11.6 Å². The van der Waals surface area contributed by atoms with Gasteiger partial charge in [-0.2, -0.15) is 0 Å². The number of rotatable bonds is 2. The van der Waals surface area contributed by atoms with E-state index in [1.807, 2.05) is 18.7 Å². The monoisotopic (exact) mass is 237 g/mol. The zero-order valence-corrected chi connectivity index (χ0v) is 10.3. The van der Waals surface area contributed by atoms with Crippen LogP contribution < -0.4 is 10.5 Å². The summed E-state index contributed by atoms with van der Waals surface area (Å²) in [5.41, 5.74) is -0.126. The van der Waals surface area contributed by atoms with Gasteiger partial charge in [-0.25, -0.2) is 4.98 Å². The molecule has 0 unspecified atom stereocenters. The number of aliphatic hydroxyl groups is 1. The summed E-state index contributed by atoms with van der Waals surface area (Å²) in [5.74, 6) is 1.57. The van der Waals surface area contributed by atoms with Crippen LogP contribution in [0.25, 0.3) is 0 Å². The number of piperidine rings is 1. The Balaban J connectivity index is 2.28.